The third kappa shape index (κ3) is 3.69. The Bertz CT molecular complexity index is 401. The van der Waals surface area contributed by atoms with Crippen molar-refractivity contribution in [2.24, 2.45) is 11.5 Å². The van der Waals surface area contributed by atoms with Crippen LogP contribution < -0.4 is 16.2 Å². The standard InChI is InChI=1S/C11H14Br2N2O2/c1-2-9(11(15)16)17-10-7(12)3-6(5-14)4-8(10)13/h3-4,9H,2,5,14H2,1H3,(H2,15,16). The Hall–Kier alpha value is -0.590. The molecule has 0 aliphatic heterocycles. The predicted octanol–water partition coefficient (Wildman–Crippen LogP) is 2.31. The number of halogens is 2. The largest absolute Gasteiger partial charge is 0.478 e. The lowest BCUT2D eigenvalue weighted by Crippen LogP contribution is -2.33. The van der Waals surface area contributed by atoms with E-state index in [2.05, 4.69) is 31.9 Å². The Labute approximate surface area is 117 Å². The Balaban J connectivity index is 3.02. The Kier molecular flexibility index (Phi) is 5.42. The average Bonchev–Trinajstić information content (AvgIpc) is 2.27. The third-order valence-electron chi connectivity index (χ3n) is 2.24. The van der Waals surface area contributed by atoms with Crippen LogP contribution in [0.5, 0.6) is 5.75 Å². The topological polar surface area (TPSA) is 78.3 Å². The number of nitrogens with two attached hydrogens (primary N) is 2. The van der Waals surface area contributed by atoms with Gasteiger partial charge in [0.2, 0.25) is 0 Å². The number of carbonyl (C=O) groups excluding carboxylic acids is 1. The first-order valence-corrected chi connectivity index (χ1v) is 6.72. The molecule has 0 saturated carbocycles. The van der Waals surface area contributed by atoms with Crippen LogP contribution in [-0.4, -0.2) is 12.0 Å². The quantitative estimate of drug-likeness (QED) is 0.840. The molecular weight excluding hydrogens is 352 g/mol. The molecule has 1 amide bonds. The summed E-state index contributed by atoms with van der Waals surface area (Å²) in [6, 6.07) is 3.71. The summed E-state index contributed by atoms with van der Waals surface area (Å²) in [4.78, 5) is 11.1. The molecule has 0 aromatic heterocycles. The molecule has 1 rings (SSSR count). The van der Waals surface area contributed by atoms with E-state index in [4.69, 9.17) is 16.2 Å². The minimum atomic E-state index is -0.633. The molecule has 0 fully saturated rings. The van der Waals surface area contributed by atoms with Gasteiger partial charge in [0.25, 0.3) is 5.91 Å². The summed E-state index contributed by atoms with van der Waals surface area (Å²) in [5, 5.41) is 0. The van der Waals surface area contributed by atoms with E-state index in [1.54, 1.807) is 0 Å². The molecule has 1 atom stereocenters. The fourth-order valence-corrected chi connectivity index (χ4v) is 2.80. The second kappa shape index (κ2) is 6.37. The monoisotopic (exact) mass is 364 g/mol. The van der Waals surface area contributed by atoms with Gasteiger partial charge in [0.05, 0.1) is 8.95 Å². The second-order valence-electron chi connectivity index (χ2n) is 3.51. The van der Waals surface area contributed by atoms with Gasteiger partial charge in [0.1, 0.15) is 5.75 Å². The predicted molar refractivity (Wildman–Crippen MR) is 73.6 cm³/mol. The summed E-state index contributed by atoms with van der Waals surface area (Å²) < 4.78 is 7.06. The molecule has 1 unspecified atom stereocenters. The van der Waals surface area contributed by atoms with Crippen molar-refractivity contribution < 1.29 is 9.53 Å². The Morgan fingerprint density at radius 2 is 1.94 bits per heavy atom. The van der Waals surface area contributed by atoms with Crippen LogP contribution in [0.4, 0.5) is 0 Å². The van der Waals surface area contributed by atoms with Gasteiger partial charge in [-0.05, 0) is 56.0 Å². The van der Waals surface area contributed by atoms with Gasteiger partial charge in [-0.3, -0.25) is 4.79 Å². The normalized spacial score (nSPS) is 12.2. The zero-order valence-electron chi connectivity index (χ0n) is 9.37. The van der Waals surface area contributed by atoms with Crippen LogP contribution in [0.25, 0.3) is 0 Å². The van der Waals surface area contributed by atoms with Crippen LogP contribution in [0.15, 0.2) is 21.1 Å². The van der Waals surface area contributed by atoms with Gasteiger partial charge in [0, 0.05) is 6.54 Å². The Morgan fingerprint density at radius 3 is 2.29 bits per heavy atom. The van der Waals surface area contributed by atoms with E-state index in [1.807, 2.05) is 19.1 Å². The molecule has 0 aliphatic rings. The van der Waals surface area contributed by atoms with Gasteiger partial charge in [-0.25, -0.2) is 0 Å². The zero-order valence-corrected chi connectivity index (χ0v) is 12.5. The smallest absolute Gasteiger partial charge is 0.258 e. The van der Waals surface area contributed by atoms with E-state index in [1.165, 1.54) is 0 Å². The highest BCUT2D eigenvalue weighted by Gasteiger charge is 2.18. The van der Waals surface area contributed by atoms with Crippen molar-refractivity contribution in [3.05, 3.63) is 26.6 Å². The SMILES string of the molecule is CCC(Oc1c(Br)cc(CN)cc1Br)C(N)=O. The molecule has 94 valence electrons. The average molecular weight is 366 g/mol. The summed E-state index contributed by atoms with van der Waals surface area (Å²) >= 11 is 6.77. The highest BCUT2D eigenvalue weighted by molar-refractivity contribution is 9.11. The summed E-state index contributed by atoms with van der Waals surface area (Å²) in [5.74, 6) is 0.0852. The molecule has 4 N–H and O–H groups in total. The summed E-state index contributed by atoms with van der Waals surface area (Å²) in [6.07, 6.45) is -0.112. The minimum absolute atomic E-state index is 0.435. The molecule has 0 spiro atoms. The summed E-state index contributed by atoms with van der Waals surface area (Å²) in [5.41, 5.74) is 11.8. The molecular formula is C11H14Br2N2O2. The maximum atomic E-state index is 11.1. The van der Waals surface area contributed by atoms with E-state index in [9.17, 15) is 4.79 Å². The molecule has 6 heteroatoms. The van der Waals surface area contributed by atoms with Gasteiger partial charge in [-0.15, -0.1) is 0 Å². The minimum Gasteiger partial charge on any atom is -0.478 e. The number of benzene rings is 1. The maximum Gasteiger partial charge on any atom is 0.258 e. The van der Waals surface area contributed by atoms with Gasteiger partial charge >= 0.3 is 0 Å². The number of amides is 1. The van der Waals surface area contributed by atoms with E-state index >= 15 is 0 Å². The molecule has 0 saturated heterocycles. The molecule has 1 aromatic carbocycles. The fraction of sp³-hybridized carbons (Fsp3) is 0.364. The Morgan fingerprint density at radius 1 is 1.41 bits per heavy atom. The van der Waals surface area contributed by atoms with Crippen molar-refractivity contribution in [2.45, 2.75) is 26.0 Å². The first-order valence-electron chi connectivity index (χ1n) is 5.13. The lowest BCUT2D eigenvalue weighted by atomic mass is 10.2. The number of primary amides is 1. The lowest BCUT2D eigenvalue weighted by Gasteiger charge is -2.17. The first-order chi connectivity index (χ1) is 7.99. The number of hydrogen-bond acceptors (Lipinski definition) is 3. The summed E-state index contributed by atoms with van der Waals surface area (Å²) in [7, 11) is 0. The fourth-order valence-electron chi connectivity index (χ4n) is 1.33. The van der Waals surface area contributed by atoms with Gasteiger partial charge in [-0.1, -0.05) is 6.92 Å². The van der Waals surface area contributed by atoms with E-state index < -0.39 is 12.0 Å². The molecule has 17 heavy (non-hydrogen) atoms. The molecule has 4 nitrogen and oxygen atoms in total. The van der Waals surface area contributed by atoms with Gasteiger partial charge < -0.3 is 16.2 Å². The first kappa shape index (κ1) is 14.5. The molecule has 0 bridgehead atoms. The highest BCUT2D eigenvalue weighted by Crippen LogP contribution is 2.35. The third-order valence-corrected chi connectivity index (χ3v) is 3.42. The number of rotatable bonds is 5. The van der Waals surface area contributed by atoms with Crippen LogP contribution in [0.1, 0.15) is 18.9 Å². The lowest BCUT2D eigenvalue weighted by molar-refractivity contribution is -0.124. The van der Waals surface area contributed by atoms with Crippen LogP contribution >= 0.6 is 31.9 Å². The molecule has 1 aromatic rings. The molecule has 0 aliphatic carbocycles. The van der Waals surface area contributed by atoms with Gasteiger partial charge in [0.15, 0.2) is 6.10 Å². The maximum absolute atomic E-state index is 11.1. The van der Waals surface area contributed by atoms with E-state index in [-0.39, 0.29) is 0 Å². The van der Waals surface area contributed by atoms with Crippen molar-refractivity contribution in [1.29, 1.82) is 0 Å². The number of carbonyl (C=O) groups is 1. The van der Waals surface area contributed by atoms with Crippen LogP contribution in [0.2, 0.25) is 0 Å². The van der Waals surface area contributed by atoms with Crippen LogP contribution in [-0.2, 0) is 11.3 Å². The number of hydrogen-bond donors (Lipinski definition) is 2. The number of ether oxygens (including phenoxy) is 1. The van der Waals surface area contributed by atoms with Crippen LogP contribution in [0, 0.1) is 0 Å². The summed E-state index contributed by atoms with van der Waals surface area (Å²) in [6.45, 7) is 2.27. The van der Waals surface area contributed by atoms with Crippen molar-refractivity contribution >= 4 is 37.8 Å². The molecule has 0 radical (unpaired) electrons. The van der Waals surface area contributed by atoms with Crippen molar-refractivity contribution in [3.63, 3.8) is 0 Å². The van der Waals surface area contributed by atoms with Crippen molar-refractivity contribution in [2.75, 3.05) is 0 Å². The van der Waals surface area contributed by atoms with Gasteiger partial charge in [-0.2, -0.15) is 0 Å². The zero-order chi connectivity index (χ0) is 13.0. The van der Waals surface area contributed by atoms with E-state index in [0.29, 0.717) is 18.7 Å². The molecule has 0 heterocycles. The van der Waals surface area contributed by atoms with Crippen molar-refractivity contribution in [3.8, 4) is 5.75 Å². The van der Waals surface area contributed by atoms with Crippen molar-refractivity contribution in [1.82, 2.24) is 0 Å². The second-order valence-corrected chi connectivity index (χ2v) is 5.22. The highest BCUT2D eigenvalue weighted by atomic mass is 79.9. The van der Waals surface area contributed by atoms with Crippen LogP contribution in [0.3, 0.4) is 0 Å². The van der Waals surface area contributed by atoms with E-state index in [0.717, 1.165) is 14.5 Å².